The highest BCUT2D eigenvalue weighted by Gasteiger charge is 2.15. The third-order valence-corrected chi connectivity index (χ3v) is 3.73. The van der Waals surface area contributed by atoms with E-state index in [0.717, 1.165) is 0 Å². The summed E-state index contributed by atoms with van der Waals surface area (Å²) < 4.78 is 26.3. The van der Waals surface area contributed by atoms with Crippen LogP contribution in [0.2, 0.25) is 0 Å². The molecule has 2 rings (SSSR count). The average molecular weight is 282 g/mol. The number of nitrogens with zero attached hydrogens (tertiary/aromatic N) is 1. The van der Waals surface area contributed by atoms with Crippen LogP contribution in [0.3, 0.4) is 0 Å². The van der Waals surface area contributed by atoms with E-state index in [1.165, 1.54) is 24.5 Å². The lowest BCUT2D eigenvalue weighted by molar-refractivity contribution is 0.601. The summed E-state index contributed by atoms with van der Waals surface area (Å²) in [6, 6.07) is 6.08. The summed E-state index contributed by atoms with van der Waals surface area (Å²) in [6.45, 7) is 0. The van der Waals surface area contributed by atoms with Gasteiger partial charge in [0, 0.05) is 18.0 Å². The minimum atomic E-state index is -3.70. The molecule has 0 aliphatic rings. The quantitative estimate of drug-likeness (QED) is 0.722. The van der Waals surface area contributed by atoms with Gasteiger partial charge in [0.1, 0.15) is 4.99 Å². The van der Waals surface area contributed by atoms with Gasteiger partial charge in [-0.3, -0.25) is 0 Å². The number of aromatic amines is 1. The molecule has 0 unspecified atom stereocenters. The lowest BCUT2D eigenvalue weighted by Crippen LogP contribution is -2.15. The maximum Gasteiger partial charge on any atom is 0.264 e. The molecule has 0 saturated heterocycles. The SMILES string of the molecule is NC(=S)c1cccc(S(=O)(=O)Nc2ncc[nH]2)c1. The van der Waals surface area contributed by atoms with Gasteiger partial charge in [-0.15, -0.1) is 0 Å². The summed E-state index contributed by atoms with van der Waals surface area (Å²) in [5.41, 5.74) is 5.95. The molecule has 0 fully saturated rings. The Kier molecular flexibility index (Phi) is 3.30. The van der Waals surface area contributed by atoms with Gasteiger partial charge in [0.25, 0.3) is 10.0 Å². The Balaban J connectivity index is 2.35. The fraction of sp³-hybridized carbons (Fsp3) is 0. The minimum Gasteiger partial charge on any atom is -0.389 e. The van der Waals surface area contributed by atoms with Crippen molar-refractivity contribution in [2.45, 2.75) is 4.90 Å². The largest absolute Gasteiger partial charge is 0.389 e. The van der Waals surface area contributed by atoms with Crippen LogP contribution in [0.25, 0.3) is 0 Å². The standard InChI is InChI=1S/C10H10N4O2S2/c11-9(17)7-2-1-3-8(6-7)18(15,16)14-10-12-4-5-13-10/h1-6H,(H2,11,17)(H2,12,13,14). The number of nitrogens with two attached hydrogens (primary N) is 1. The van der Waals surface area contributed by atoms with Crippen LogP contribution in [0.4, 0.5) is 5.95 Å². The number of sulfonamides is 1. The van der Waals surface area contributed by atoms with Crippen LogP contribution in [0.15, 0.2) is 41.6 Å². The maximum atomic E-state index is 12.0. The van der Waals surface area contributed by atoms with E-state index in [1.807, 2.05) is 0 Å². The summed E-state index contributed by atoms with van der Waals surface area (Å²) in [5.74, 6) is 0.149. The van der Waals surface area contributed by atoms with Gasteiger partial charge in [-0.25, -0.2) is 18.1 Å². The number of imidazole rings is 1. The van der Waals surface area contributed by atoms with Crippen molar-refractivity contribution in [2.24, 2.45) is 5.73 Å². The molecule has 18 heavy (non-hydrogen) atoms. The van der Waals surface area contributed by atoms with Crippen LogP contribution in [0, 0.1) is 0 Å². The van der Waals surface area contributed by atoms with Gasteiger partial charge < -0.3 is 10.7 Å². The molecule has 0 spiro atoms. The van der Waals surface area contributed by atoms with Crippen LogP contribution in [-0.2, 0) is 10.0 Å². The highest BCUT2D eigenvalue weighted by Crippen LogP contribution is 2.14. The Hall–Kier alpha value is -1.93. The molecule has 8 heteroatoms. The molecular weight excluding hydrogens is 272 g/mol. The van der Waals surface area contributed by atoms with Crippen molar-refractivity contribution in [2.75, 3.05) is 4.72 Å². The van der Waals surface area contributed by atoms with Crippen molar-refractivity contribution in [3.8, 4) is 0 Å². The normalized spacial score (nSPS) is 11.1. The zero-order chi connectivity index (χ0) is 13.2. The number of H-pyrrole nitrogens is 1. The molecule has 4 N–H and O–H groups in total. The first-order valence-corrected chi connectivity index (χ1v) is 6.80. The van der Waals surface area contributed by atoms with Crippen molar-refractivity contribution in [1.82, 2.24) is 9.97 Å². The molecule has 0 atom stereocenters. The number of rotatable bonds is 4. The van der Waals surface area contributed by atoms with E-state index < -0.39 is 10.0 Å². The molecule has 6 nitrogen and oxygen atoms in total. The van der Waals surface area contributed by atoms with E-state index in [4.69, 9.17) is 18.0 Å². The number of aromatic nitrogens is 2. The smallest absolute Gasteiger partial charge is 0.264 e. The van der Waals surface area contributed by atoms with Crippen molar-refractivity contribution in [3.63, 3.8) is 0 Å². The Morgan fingerprint density at radius 1 is 1.44 bits per heavy atom. The van der Waals surface area contributed by atoms with Crippen LogP contribution in [0.5, 0.6) is 0 Å². The molecule has 1 aromatic carbocycles. The third kappa shape index (κ3) is 2.66. The van der Waals surface area contributed by atoms with E-state index >= 15 is 0 Å². The minimum absolute atomic E-state index is 0.0733. The second-order valence-electron chi connectivity index (χ2n) is 3.44. The van der Waals surface area contributed by atoms with E-state index in [-0.39, 0.29) is 15.8 Å². The highest BCUT2D eigenvalue weighted by molar-refractivity contribution is 7.92. The number of nitrogens with one attached hydrogen (secondary N) is 2. The van der Waals surface area contributed by atoms with Gasteiger partial charge in [-0.2, -0.15) is 0 Å². The molecule has 1 heterocycles. The number of hydrogen-bond donors (Lipinski definition) is 3. The number of hydrogen-bond acceptors (Lipinski definition) is 4. The molecule has 0 radical (unpaired) electrons. The molecule has 2 aromatic rings. The van der Waals surface area contributed by atoms with E-state index in [0.29, 0.717) is 5.56 Å². The Labute approximate surface area is 109 Å². The average Bonchev–Trinajstić information content (AvgIpc) is 2.81. The van der Waals surface area contributed by atoms with Gasteiger partial charge in [-0.1, -0.05) is 24.4 Å². The van der Waals surface area contributed by atoms with Gasteiger partial charge in [-0.05, 0) is 12.1 Å². The summed E-state index contributed by atoms with van der Waals surface area (Å²) in [5, 5.41) is 0. The summed E-state index contributed by atoms with van der Waals surface area (Å²) in [6.07, 6.45) is 2.96. The molecule has 0 aliphatic heterocycles. The monoisotopic (exact) mass is 282 g/mol. The van der Waals surface area contributed by atoms with Gasteiger partial charge >= 0.3 is 0 Å². The fourth-order valence-electron chi connectivity index (χ4n) is 1.32. The predicted octanol–water partition coefficient (Wildman–Crippen LogP) is 0.845. The van der Waals surface area contributed by atoms with Crippen LogP contribution < -0.4 is 10.5 Å². The first-order valence-electron chi connectivity index (χ1n) is 4.91. The number of thiocarbonyl (C=S) groups is 1. The van der Waals surface area contributed by atoms with Gasteiger partial charge in [0.15, 0.2) is 0 Å². The lowest BCUT2D eigenvalue weighted by atomic mass is 10.2. The predicted molar refractivity (Wildman–Crippen MR) is 71.7 cm³/mol. The van der Waals surface area contributed by atoms with Crippen LogP contribution >= 0.6 is 12.2 Å². The maximum absolute atomic E-state index is 12.0. The lowest BCUT2D eigenvalue weighted by Gasteiger charge is -2.06. The van der Waals surface area contributed by atoms with Crippen molar-refractivity contribution >= 4 is 33.2 Å². The number of anilines is 1. The molecule has 0 saturated carbocycles. The summed E-state index contributed by atoms with van der Waals surface area (Å²) >= 11 is 4.80. The van der Waals surface area contributed by atoms with E-state index in [2.05, 4.69) is 14.7 Å². The topological polar surface area (TPSA) is 101 Å². The second kappa shape index (κ2) is 4.75. The molecule has 94 valence electrons. The highest BCUT2D eigenvalue weighted by atomic mass is 32.2. The van der Waals surface area contributed by atoms with Crippen LogP contribution in [-0.4, -0.2) is 23.4 Å². The molecule has 0 amide bonds. The first kappa shape index (κ1) is 12.5. The fourth-order valence-corrected chi connectivity index (χ4v) is 2.47. The van der Waals surface area contributed by atoms with E-state index in [1.54, 1.807) is 12.1 Å². The molecule has 1 aromatic heterocycles. The Morgan fingerprint density at radius 3 is 2.83 bits per heavy atom. The molecule has 0 bridgehead atoms. The van der Waals surface area contributed by atoms with Gasteiger partial charge in [0.05, 0.1) is 4.90 Å². The molecule has 0 aliphatic carbocycles. The van der Waals surface area contributed by atoms with E-state index in [9.17, 15) is 8.42 Å². The first-order chi connectivity index (χ1) is 8.49. The third-order valence-electron chi connectivity index (χ3n) is 2.16. The Bertz CT molecular complexity index is 665. The zero-order valence-corrected chi connectivity index (χ0v) is 10.8. The van der Waals surface area contributed by atoms with Crippen molar-refractivity contribution in [3.05, 3.63) is 42.2 Å². The molecular formula is C10H10N4O2S2. The summed E-state index contributed by atoms with van der Waals surface area (Å²) in [4.78, 5) is 6.65. The van der Waals surface area contributed by atoms with Crippen LogP contribution in [0.1, 0.15) is 5.56 Å². The number of benzene rings is 1. The van der Waals surface area contributed by atoms with Crippen molar-refractivity contribution in [1.29, 1.82) is 0 Å². The summed E-state index contributed by atoms with van der Waals surface area (Å²) in [7, 11) is -3.70. The van der Waals surface area contributed by atoms with Gasteiger partial charge in [0.2, 0.25) is 5.95 Å². The Morgan fingerprint density at radius 2 is 2.22 bits per heavy atom. The van der Waals surface area contributed by atoms with Crippen molar-refractivity contribution < 1.29 is 8.42 Å². The zero-order valence-electron chi connectivity index (χ0n) is 9.12. The second-order valence-corrected chi connectivity index (χ2v) is 5.56.